The number of hydrogen-bond acceptors (Lipinski definition) is 8. The molecule has 0 atom stereocenters. The number of anilines is 3. The fourth-order valence-corrected chi connectivity index (χ4v) is 4.21. The van der Waals surface area contributed by atoms with Crippen LogP contribution in [0.15, 0.2) is 82.6 Å². The van der Waals surface area contributed by atoms with Crippen LogP contribution < -0.4 is 19.7 Å². The van der Waals surface area contributed by atoms with E-state index in [0.29, 0.717) is 11.4 Å². The molecule has 3 aromatic rings. The first-order valence-corrected chi connectivity index (χ1v) is 11.3. The smallest absolute Gasteiger partial charge is 0.283 e. The summed E-state index contributed by atoms with van der Waals surface area (Å²) in [5.41, 5.74) is 0.459. The summed E-state index contributed by atoms with van der Waals surface area (Å²) in [5.74, 6) is -1.12. The molecule has 0 unspecified atom stereocenters. The van der Waals surface area contributed by atoms with E-state index in [1.807, 2.05) is 0 Å². The number of carbonyl (C=O) groups is 2. The number of hydrogen-bond donors (Lipinski definition) is 2. The lowest BCUT2D eigenvalue weighted by atomic mass is 10.2. The Bertz CT molecular complexity index is 1360. The Hall–Kier alpha value is -3.96. The minimum Gasteiger partial charge on any atom is -0.495 e. The van der Waals surface area contributed by atoms with E-state index in [2.05, 4.69) is 20.0 Å². The Labute approximate surface area is 193 Å². The lowest BCUT2D eigenvalue weighted by Gasteiger charge is -2.17. The highest BCUT2D eigenvalue weighted by atomic mass is 35.5. The maximum atomic E-state index is 13.0. The number of nitrogens with zero attached hydrogens (tertiary/aromatic N) is 3. The predicted molar refractivity (Wildman–Crippen MR) is 121 cm³/mol. The molecule has 0 bridgehead atoms. The zero-order valence-electron chi connectivity index (χ0n) is 17.0. The minimum atomic E-state index is -3.92. The zero-order valence-corrected chi connectivity index (χ0v) is 18.6. The first kappa shape index (κ1) is 22.2. The van der Waals surface area contributed by atoms with E-state index in [4.69, 9.17) is 16.3 Å². The molecule has 2 heterocycles. The number of aromatic nitrogens is 2. The summed E-state index contributed by atoms with van der Waals surface area (Å²) >= 11 is 6.15. The topological polar surface area (TPSA) is 131 Å². The molecule has 10 nitrogen and oxygen atoms in total. The van der Waals surface area contributed by atoms with Crippen molar-refractivity contribution in [2.45, 2.75) is 4.90 Å². The molecule has 0 spiro atoms. The molecule has 0 saturated carbocycles. The number of imide groups is 1. The summed E-state index contributed by atoms with van der Waals surface area (Å²) < 4.78 is 32.5. The number of benzene rings is 2. The van der Waals surface area contributed by atoms with Crippen LogP contribution in [0.3, 0.4) is 0 Å². The van der Waals surface area contributed by atoms with Crippen molar-refractivity contribution >= 4 is 50.8 Å². The number of halogens is 1. The van der Waals surface area contributed by atoms with Crippen LogP contribution in [-0.4, -0.2) is 37.3 Å². The van der Waals surface area contributed by atoms with Crippen molar-refractivity contribution in [1.29, 1.82) is 0 Å². The lowest BCUT2D eigenvalue weighted by molar-refractivity contribution is -0.120. The first-order valence-electron chi connectivity index (χ1n) is 9.40. The fourth-order valence-electron chi connectivity index (χ4n) is 3.04. The molecule has 33 heavy (non-hydrogen) atoms. The van der Waals surface area contributed by atoms with Crippen molar-refractivity contribution in [2.75, 3.05) is 22.0 Å². The molecule has 2 amide bonds. The summed E-state index contributed by atoms with van der Waals surface area (Å²) in [6, 6.07) is 13.6. The summed E-state index contributed by atoms with van der Waals surface area (Å²) in [6.07, 6.45) is 2.81. The highest BCUT2D eigenvalue weighted by Crippen LogP contribution is 2.35. The molecule has 168 valence electrons. The van der Waals surface area contributed by atoms with Gasteiger partial charge in [-0.1, -0.05) is 23.7 Å². The van der Waals surface area contributed by atoms with Gasteiger partial charge >= 0.3 is 0 Å². The van der Waals surface area contributed by atoms with E-state index in [0.717, 1.165) is 4.90 Å². The normalized spacial score (nSPS) is 13.9. The number of rotatable bonds is 7. The molecule has 0 radical (unpaired) electrons. The van der Waals surface area contributed by atoms with E-state index in [9.17, 15) is 18.0 Å². The molecule has 0 aliphatic carbocycles. The number of methoxy groups -OCH3 is 1. The van der Waals surface area contributed by atoms with Crippen LogP contribution >= 0.6 is 11.6 Å². The number of nitrogens with one attached hydrogen (secondary N) is 2. The van der Waals surface area contributed by atoms with E-state index in [1.165, 1.54) is 43.8 Å². The molecule has 0 saturated heterocycles. The van der Waals surface area contributed by atoms with Crippen LogP contribution in [0.2, 0.25) is 0 Å². The van der Waals surface area contributed by atoms with Gasteiger partial charge in [0.15, 0.2) is 0 Å². The van der Waals surface area contributed by atoms with Crippen molar-refractivity contribution in [3.63, 3.8) is 0 Å². The van der Waals surface area contributed by atoms with E-state index >= 15 is 0 Å². The van der Waals surface area contributed by atoms with Gasteiger partial charge in [0.25, 0.3) is 21.8 Å². The van der Waals surface area contributed by atoms with Gasteiger partial charge in [0.1, 0.15) is 16.5 Å². The quantitative estimate of drug-likeness (QED) is 0.488. The number of sulfonamides is 1. The maximum absolute atomic E-state index is 13.0. The second-order valence-corrected chi connectivity index (χ2v) is 8.69. The Morgan fingerprint density at radius 1 is 0.939 bits per heavy atom. The van der Waals surface area contributed by atoms with Crippen molar-refractivity contribution < 1.29 is 22.7 Å². The highest BCUT2D eigenvalue weighted by Gasteiger charge is 2.40. The monoisotopic (exact) mass is 485 g/mol. The minimum absolute atomic E-state index is 0.0509. The second-order valence-electron chi connectivity index (χ2n) is 6.63. The molecular weight excluding hydrogens is 470 g/mol. The fraction of sp³-hybridized carbons (Fsp3) is 0.0476. The van der Waals surface area contributed by atoms with Crippen molar-refractivity contribution in [3.05, 3.63) is 77.7 Å². The molecule has 0 fully saturated rings. The molecule has 2 aromatic carbocycles. The van der Waals surface area contributed by atoms with Gasteiger partial charge in [0.05, 0.1) is 17.7 Å². The van der Waals surface area contributed by atoms with Gasteiger partial charge in [0.2, 0.25) is 5.95 Å². The van der Waals surface area contributed by atoms with Crippen molar-refractivity contribution in [1.82, 2.24) is 9.97 Å². The third-order valence-electron chi connectivity index (χ3n) is 4.58. The molecule has 4 rings (SSSR count). The van der Waals surface area contributed by atoms with Crippen LogP contribution in [0.5, 0.6) is 5.75 Å². The number of carbonyl (C=O) groups excluding carboxylic acids is 2. The Kier molecular flexibility index (Phi) is 5.99. The van der Waals surface area contributed by atoms with Gasteiger partial charge in [0, 0.05) is 18.1 Å². The molecular formula is C21H16ClN5O5S. The Morgan fingerprint density at radius 2 is 1.61 bits per heavy atom. The molecule has 1 aromatic heterocycles. The lowest BCUT2D eigenvalue weighted by Crippen LogP contribution is -2.32. The first-order chi connectivity index (χ1) is 15.8. The largest absolute Gasteiger partial charge is 0.495 e. The van der Waals surface area contributed by atoms with E-state index in [-0.39, 0.29) is 27.3 Å². The SMILES string of the molecule is COc1ccccc1N1C(=O)C(Cl)=C(Nc2ccc(S(=O)(=O)Nc3ncccn3)cc2)C1=O. The molecule has 12 heteroatoms. The van der Waals surface area contributed by atoms with Gasteiger partial charge in [-0.2, -0.15) is 0 Å². The van der Waals surface area contributed by atoms with Gasteiger partial charge in [-0.3, -0.25) is 9.59 Å². The van der Waals surface area contributed by atoms with Crippen LogP contribution in [0.25, 0.3) is 0 Å². The summed E-state index contributed by atoms with van der Waals surface area (Å²) in [6.45, 7) is 0. The van der Waals surface area contributed by atoms with Crippen LogP contribution in [0.4, 0.5) is 17.3 Å². The van der Waals surface area contributed by atoms with Crippen molar-refractivity contribution in [3.8, 4) is 5.75 Å². The summed E-state index contributed by atoms with van der Waals surface area (Å²) in [7, 11) is -2.50. The highest BCUT2D eigenvalue weighted by molar-refractivity contribution is 7.92. The maximum Gasteiger partial charge on any atom is 0.283 e. The Morgan fingerprint density at radius 3 is 2.27 bits per heavy atom. The number of amides is 2. The predicted octanol–water partition coefficient (Wildman–Crippen LogP) is 2.72. The summed E-state index contributed by atoms with van der Waals surface area (Å²) in [4.78, 5) is 34.1. The van der Waals surface area contributed by atoms with E-state index in [1.54, 1.807) is 30.3 Å². The average molecular weight is 486 g/mol. The van der Waals surface area contributed by atoms with Crippen molar-refractivity contribution in [2.24, 2.45) is 0 Å². The zero-order chi connectivity index (χ0) is 23.6. The molecule has 2 N–H and O–H groups in total. The summed E-state index contributed by atoms with van der Waals surface area (Å²) in [5, 5.41) is 2.49. The van der Waals surface area contributed by atoms with Gasteiger partial charge < -0.3 is 10.1 Å². The van der Waals surface area contributed by atoms with Crippen LogP contribution in [-0.2, 0) is 19.6 Å². The van der Waals surface area contributed by atoms with Crippen LogP contribution in [0, 0.1) is 0 Å². The van der Waals surface area contributed by atoms with E-state index < -0.39 is 21.8 Å². The number of ether oxygens (including phenoxy) is 1. The van der Waals surface area contributed by atoms with Crippen LogP contribution in [0.1, 0.15) is 0 Å². The Balaban J connectivity index is 1.54. The molecule has 1 aliphatic rings. The second kappa shape index (κ2) is 8.88. The van der Waals surface area contributed by atoms with Gasteiger partial charge in [-0.25, -0.2) is 28.0 Å². The standard InChI is InChI=1S/C21H16ClN5O5S/c1-32-16-6-3-2-5-15(16)27-19(28)17(22)18(20(27)29)25-13-7-9-14(10-8-13)33(30,31)26-21-23-11-4-12-24-21/h2-12,25H,1H3,(H,23,24,26). The van der Waals surface area contributed by atoms with Gasteiger partial charge in [-0.05, 0) is 42.5 Å². The third kappa shape index (κ3) is 4.36. The third-order valence-corrected chi connectivity index (χ3v) is 6.27. The average Bonchev–Trinajstić information content (AvgIpc) is 3.02. The molecule has 1 aliphatic heterocycles. The van der Waals surface area contributed by atoms with Gasteiger partial charge in [-0.15, -0.1) is 0 Å². The number of para-hydroxylation sites is 2.